The standard InChI is InChI=1S/C14H15ClFNO3/c15-10-2-1-3-11(16)9(10)6-13(18)17-12(7-14(19)20)8-4-5-8/h1-3,8,12H,4-7H2,(H,17,18)(H,19,20). The van der Waals surface area contributed by atoms with E-state index < -0.39 is 17.7 Å². The van der Waals surface area contributed by atoms with Crippen molar-refractivity contribution in [2.45, 2.75) is 31.7 Å². The number of hydrogen-bond acceptors (Lipinski definition) is 2. The van der Waals surface area contributed by atoms with E-state index in [1.165, 1.54) is 18.2 Å². The van der Waals surface area contributed by atoms with Crippen LogP contribution in [0.25, 0.3) is 0 Å². The zero-order valence-electron chi connectivity index (χ0n) is 10.7. The first-order valence-corrected chi connectivity index (χ1v) is 6.79. The highest BCUT2D eigenvalue weighted by atomic mass is 35.5. The van der Waals surface area contributed by atoms with Crippen molar-refractivity contribution in [1.29, 1.82) is 0 Å². The molecule has 108 valence electrons. The highest BCUT2D eigenvalue weighted by molar-refractivity contribution is 6.31. The van der Waals surface area contributed by atoms with Gasteiger partial charge in [0.1, 0.15) is 5.82 Å². The molecule has 0 radical (unpaired) electrons. The zero-order valence-corrected chi connectivity index (χ0v) is 11.5. The predicted octanol–water partition coefficient (Wildman–Crippen LogP) is 2.39. The van der Waals surface area contributed by atoms with Gasteiger partial charge in [0.05, 0.1) is 12.8 Å². The van der Waals surface area contributed by atoms with Crippen LogP contribution in [0.1, 0.15) is 24.8 Å². The Hall–Kier alpha value is -1.62. The Morgan fingerprint density at radius 2 is 2.15 bits per heavy atom. The van der Waals surface area contributed by atoms with Crippen molar-refractivity contribution in [2.75, 3.05) is 0 Å². The Morgan fingerprint density at radius 1 is 1.45 bits per heavy atom. The Balaban J connectivity index is 1.99. The largest absolute Gasteiger partial charge is 0.481 e. The monoisotopic (exact) mass is 299 g/mol. The molecule has 20 heavy (non-hydrogen) atoms. The molecule has 2 rings (SSSR count). The molecule has 1 aromatic rings. The Labute approximate surface area is 120 Å². The van der Waals surface area contributed by atoms with Crippen LogP contribution >= 0.6 is 11.6 Å². The molecule has 1 aromatic carbocycles. The van der Waals surface area contributed by atoms with Crippen LogP contribution in [0.5, 0.6) is 0 Å². The minimum atomic E-state index is -0.953. The maximum absolute atomic E-state index is 13.6. The molecule has 6 heteroatoms. The average Bonchev–Trinajstić information content (AvgIpc) is 3.17. The second-order valence-electron chi connectivity index (χ2n) is 4.99. The molecule has 1 fully saturated rings. The van der Waals surface area contributed by atoms with E-state index in [-0.39, 0.29) is 35.4 Å². The summed E-state index contributed by atoms with van der Waals surface area (Å²) in [6.45, 7) is 0. The van der Waals surface area contributed by atoms with Crippen LogP contribution in [0.15, 0.2) is 18.2 Å². The average molecular weight is 300 g/mol. The third kappa shape index (κ3) is 3.93. The number of carbonyl (C=O) groups excluding carboxylic acids is 1. The summed E-state index contributed by atoms with van der Waals surface area (Å²) in [7, 11) is 0. The molecule has 0 spiro atoms. The maximum atomic E-state index is 13.6. The van der Waals surface area contributed by atoms with Crippen LogP contribution < -0.4 is 5.32 Å². The van der Waals surface area contributed by atoms with E-state index >= 15 is 0 Å². The molecule has 1 atom stereocenters. The number of carboxylic acids is 1. The van der Waals surface area contributed by atoms with Gasteiger partial charge in [0, 0.05) is 16.6 Å². The van der Waals surface area contributed by atoms with Crippen LogP contribution in [0.2, 0.25) is 5.02 Å². The van der Waals surface area contributed by atoms with E-state index in [9.17, 15) is 14.0 Å². The van der Waals surface area contributed by atoms with Gasteiger partial charge < -0.3 is 10.4 Å². The minimum Gasteiger partial charge on any atom is -0.481 e. The first-order chi connectivity index (χ1) is 9.47. The lowest BCUT2D eigenvalue weighted by Gasteiger charge is -2.16. The van der Waals surface area contributed by atoms with Crippen molar-refractivity contribution in [3.05, 3.63) is 34.6 Å². The van der Waals surface area contributed by atoms with E-state index in [2.05, 4.69) is 5.32 Å². The highest BCUT2D eigenvalue weighted by Crippen LogP contribution is 2.34. The van der Waals surface area contributed by atoms with E-state index in [1.54, 1.807) is 0 Å². The van der Waals surface area contributed by atoms with Crippen molar-refractivity contribution in [1.82, 2.24) is 5.32 Å². The van der Waals surface area contributed by atoms with Crippen molar-refractivity contribution in [3.63, 3.8) is 0 Å². The lowest BCUT2D eigenvalue weighted by Crippen LogP contribution is -2.39. The van der Waals surface area contributed by atoms with Gasteiger partial charge in [0.25, 0.3) is 0 Å². The summed E-state index contributed by atoms with van der Waals surface area (Å²) in [5, 5.41) is 11.7. The van der Waals surface area contributed by atoms with Gasteiger partial charge in [0.2, 0.25) is 5.91 Å². The summed E-state index contributed by atoms with van der Waals surface area (Å²) in [6.07, 6.45) is 1.53. The number of hydrogen-bond donors (Lipinski definition) is 2. The van der Waals surface area contributed by atoms with E-state index in [0.29, 0.717) is 0 Å². The number of benzene rings is 1. The summed E-state index contributed by atoms with van der Waals surface area (Å²) in [5.41, 5.74) is 0.136. The smallest absolute Gasteiger partial charge is 0.305 e. The van der Waals surface area contributed by atoms with Crippen molar-refractivity contribution in [2.24, 2.45) is 5.92 Å². The Morgan fingerprint density at radius 3 is 2.70 bits per heavy atom. The van der Waals surface area contributed by atoms with Gasteiger partial charge in [-0.3, -0.25) is 9.59 Å². The molecule has 0 aliphatic heterocycles. The van der Waals surface area contributed by atoms with Crippen LogP contribution in [0, 0.1) is 11.7 Å². The Bertz CT molecular complexity index is 511. The van der Waals surface area contributed by atoms with Crippen LogP contribution in [0.3, 0.4) is 0 Å². The summed E-state index contributed by atoms with van der Waals surface area (Å²) in [6, 6.07) is 3.84. The van der Waals surface area contributed by atoms with Gasteiger partial charge in [-0.05, 0) is 30.9 Å². The summed E-state index contributed by atoms with van der Waals surface area (Å²) in [5.74, 6) is -1.68. The number of aliphatic carboxylic acids is 1. The zero-order chi connectivity index (χ0) is 14.7. The summed E-state index contributed by atoms with van der Waals surface area (Å²) >= 11 is 5.86. The molecular weight excluding hydrogens is 285 g/mol. The van der Waals surface area contributed by atoms with Crippen molar-refractivity contribution >= 4 is 23.5 Å². The van der Waals surface area contributed by atoms with Gasteiger partial charge in [-0.1, -0.05) is 17.7 Å². The quantitative estimate of drug-likeness (QED) is 0.847. The van der Waals surface area contributed by atoms with Crippen LogP contribution in [0.4, 0.5) is 4.39 Å². The number of rotatable bonds is 6. The summed E-state index contributed by atoms with van der Waals surface area (Å²) in [4.78, 5) is 22.7. The van der Waals surface area contributed by atoms with Gasteiger partial charge >= 0.3 is 5.97 Å². The Kier molecular flexibility index (Phi) is 4.60. The lowest BCUT2D eigenvalue weighted by atomic mass is 10.1. The van der Waals surface area contributed by atoms with Crippen LogP contribution in [-0.4, -0.2) is 23.0 Å². The second kappa shape index (κ2) is 6.22. The fraction of sp³-hybridized carbons (Fsp3) is 0.429. The van der Waals surface area contributed by atoms with Crippen molar-refractivity contribution < 1.29 is 19.1 Å². The molecule has 2 N–H and O–H groups in total. The molecule has 1 amide bonds. The molecular formula is C14H15ClFNO3. The third-order valence-corrected chi connectivity index (χ3v) is 3.69. The predicted molar refractivity (Wildman–Crippen MR) is 72.0 cm³/mol. The third-order valence-electron chi connectivity index (χ3n) is 3.33. The van der Waals surface area contributed by atoms with Crippen LogP contribution in [-0.2, 0) is 16.0 Å². The first-order valence-electron chi connectivity index (χ1n) is 6.41. The van der Waals surface area contributed by atoms with E-state index in [0.717, 1.165) is 12.8 Å². The molecule has 0 saturated heterocycles. The molecule has 1 saturated carbocycles. The van der Waals surface area contributed by atoms with E-state index in [4.69, 9.17) is 16.7 Å². The maximum Gasteiger partial charge on any atom is 0.305 e. The number of amides is 1. The number of carbonyl (C=O) groups is 2. The van der Waals surface area contributed by atoms with Gasteiger partial charge in [0.15, 0.2) is 0 Å². The topological polar surface area (TPSA) is 66.4 Å². The molecule has 0 bridgehead atoms. The minimum absolute atomic E-state index is 0.110. The molecule has 0 heterocycles. The van der Waals surface area contributed by atoms with E-state index in [1.807, 2.05) is 0 Å². The first kappa shape index (κ1) is 14.8. The number of nitrogens with one attached hydrogen (secondary N) is 1. The molecule has 1 aliphatic rings. The molecule has 0 aromatic heterocycles. The van der Waals surface area contributed by atoms with Crippen molar-refractivity contribution in [3.8, 4) is 0 Å². The van der Waals surface area contributed by atoms with Gasteiger partial charge in [-0.15, -0.1) is 0 Å². The summed E-state index contributed by atoms with van der Waals surface area (Å²) < 4.78 is 13.6. The molecule has 4 nitrogen and oxygen atoms in total. The lowest BCUT2D eigenvalue weighted by molar-refractivity contribution is -0.137. The fourth-order valence-electron chi connectivity index (χ4n) is 2.14. The fourth-order valence-corrected chi connectivity index (χ4v) is 2.37. The SMILES string of the molecule is O=C(O)CC(NC(=O)Cc1c(F)cccc1Cl)C1CC1. The molecule has 1 unspecified atom stereocenters. The molecule has 1 aliphatic carbocycles. The van der Waals surface area contributed by atoms with Gasteiger partial charge in [-0.25, -0.2) is 4.39 Å². The number of halogens is 2. The normalized spacial score (nSPS) is 15.7. The number of carboxylic acid groups (broad SMARTS) is 1. The second-order valence-corrected chi connectivity index (χ2v) is 5.39. The highest BCUT2D eigenvalue weighted by Gasteiger charge is 2.33. The van der Waals surface area contributed by atoms with Gasteiger partial charge in [-0.2, -0.15) is 0 Å².